The number of oxazole rings is 1. The smallest absolute Gasteiger partial charge is 0.408 e. The van der Waals surface area contributed by atoms with E-state index in [0.717, 1.165) is 24.8 Å². The first-order valence-electron chi connectivity index (χ1n) is 12.5. The molecule has 2 heterocycles. The van der Waals surface area contributed by atoms with Gasteiger partial charge in [0.25, 0.3) is 5.91 Å². The Morgan fingerprint density at radius 1 is 1.08 bits per heavy atom. The minimum absolute atomic E-state index is 0.0177. The second-order valence-electron chi connectivity index (χ2n) is 9.46. The number of anilines is 1. The number of aromatic nitrogens is 1. The minimum Gasteiger partial charge on any atom is -0.408 e. The summed E-state index contributed by atoms with van der Waals surface area (Å²) in [5, 5.41) is 6.62. The molecular weight excluding hydrogens is 458 g/mol. The SMILES string of the molecule is CCCCCNC(=O)CN(CC(=O)N(C)N1Cc2ccccc2C1)c1cc2c(cc1C)oc(=O)n2C. The Balaban J connectivity index is 1.55. The number of nitrogens with one attached hydrogen (secondary N) is 1. The lowest BCUT2D eigenvalue weighted by atomic mass is 10.1. The van der Waals surface area contributed by atoms with Gasteiger partial charge in [-0.1, -0.05) is 44.0 Å². The van der Waals surface area contributed by atoms with Crippen molar-refractivity contribution in [1.82, 2.24) is 19.9 Å². The van der Waals surface area contributed by atoms with Crippen molar-refractivity contribution in [3.63, 3.8) is 0 Å². The first-order valence-corrected chi connectivity index (χ1v) is 12.5. The molecule has 0 bridgehead atoms. The predicted molar refractivity (Wildman–Crippen MR) is 139 cm³/mol. The molecule has 2 amide bonds. The Hall–Kier alpha value is -3.59. The van der Waals surface area contributed by atoms with E-state index in [1.54, 1.807) is 30.1 Å². The average Bonchev–Trinajstić information content (AvgIpc) is 3.40. The molecule has 9 heteroatoms. The Kier molecular flexibility index (Phi) is 7.79. The first-order chi connectivity index (χ1) is 17.3. The highest BCUT2D eigenvalue weighted by Crippen LogP contribution is 2.27. The summed E-state index contributed by atoms with van der Waals surface area (Å²) in [6.45, 7) is 5.99. The number of fused-ring (bicyclic) bond motifs is 2. The maximum Gasteiger partial charge on any atom is 0.419 e. The third-order valence-electron chi connectivity index (χ3n) is 6.82. The molecule has 0 unspecified atom stereocenters. The standard InChI is InChI=1S/C27H35N5O4/c1-5-6-9-12-28-25(33)17-31(22-14-23-24(13-19(22)2)36-27(35)29(23)3)18-26(34)30(4)32-15-20-10-7-8-11-21(20)16-32/h7-8,10-11,13-14H,5-6,9,12,15-18H2,1-4H3,(H,28,33). The molecule has 2 aromatic carbocycles. The Labute approximate surface area is 211 Å². The summed E-state index contributed by atoms with van der Waals surface area (Å²) in [6, 6.07) is 11.8. The predicted octanol–water partition coefficient (Wildman–Crippen LogP) is 2.94. The molecule has 3 aromatic rings. The van der Waals surface area contributed by atoms with E-state index >= 15 is 0 Å². The van der Waals surface area contributed by atoms with Crippen LogP contribution in [0.1, 0.15) is 42.9 Å². The lowest BCUT2D eigenvalue weighted by Gasteiger charge is -2.32. The molecule has 0 fully saturated rings. The fourth-order valence-electron chi connectivity index (χ4n) is 4.61. The number of amides is 2. The summed E-state index contributed by atoms with van der Waals surface area (Å²) in [5.41, 5.74) is 5.05. The summed E-state index contributed by atoms with van der Waals surface area (Å²) in [7, 11) is 3.41. The van der Waals surface area contributed by atoms with Gasteiger partial charge in [-0.05, 0) is 42.2 Å². The van der Waals surface area contributed by atoms with E-state index in [9.17, 15) is 14.4 Å². The zero-order valence-electron chi connectivity index (χ0n) is 21.5. The van der Waals surface area contributed by atoms with Crippen LogP contribution in [0.3, 0.4) is 0 Å². The van der Waals surface area contributed by atoms with Gasteiger partial charge in [0.05, 0.1) is 18.6 Å². The second-order valence-corrected chi connectivity index (χ2v) is 9.46. The molecule has 1 N–H and O–H groups in total. The van der Waals surface area contributed by atoms with E-state index in [-0.39, 0.29) is 24.9 Å². The molecule has 1 aliphatic heterocycles. The van der Waals surface area contributed by atoms with Crippen LogP contribution in [0.15, 0.2) is 45.6 Å². The highest BCUT2D eigenvalue weighted by Gasteiger charge is 2.27. The van der Waals surface area contributed by atoms with Crippen LogP contribution in [0.25, 0.3) is 11.1 Å². The van der Waals surface area contributed by atoms with Crippen LogP contribution in [-0.4, -0.2) is 53.1 Å². The Bertz CT molecular complexity index is 1290. The van der Waals surface area contributed by atoms with Gasteiger partial charge in [0, 0.05) is 39.4 Å². The molecule has 0 saturated heterocycles. The molecule has 0 aliphatic carbocycles. The Morgan fingerprint density at radius 2 is 1.78 bits per heavy atom. The van der Waals surface area contributed by atoms with Crippen molar-refractivity contribution in [2.24, 2.45) is 7.05 Å². The van der Waals surface area contributed by atoms with E-state index < -0.39 is 5.76 Å². The van der Waals surface area contributed by atoms with Gasteiger partial charge in [-0.15, -0.1) is 0 Å². The number of nitrogens with zero attached hydrogens (tertiary/aromatic N) is 4. The van der Waals surface area contributed by atoms with Crippen molar-refractivity contribution < 1.29 is 14.0 Å². The number of unbranched alkanes of at least 4 members (excludes halogenated alkanes) is 2. The van der Waals surface area contributed by atoms with Crippen molar-refractivity contribution >= 4 is 28.6 Å². The van der Waals surface area contributed by atoms with Crippen LogP contribution in [0.4, 0.5) is 5.69 Å². The van der Waals surface area contributed by atoms with Gasteiger partial charge >= 0.3 is 5.76 Å². The van der Waals surface area contributed by atoms with Gasteiger partial charge in [0.1, 0.15) is 0 Å². The van der Waals surface area contributed by atoms with E-state index in [1.165, 1.54) is 15.7 Å². The van der Waals surface area contributed by atoms with Gasteiger partial charge in [0.2, 0.25) is 5.91 Å². The number of hydrazine groups is 1. The lowest BCUT2D eigenvalue weighted by Crippen LogP contribution is -2.48. The van der Waals surface area contributed by atoms with Crippen molar-refractivity contribution in [3.8, 4) is 0 Å². The molecule has 192 valence electrons. The van der Waals surface area contributed by atoms with Crippen molar-refractivity contribution in [2.75, 3.05) is 31.6 Å². The monoisotopic (exact) mass is 493 g/mol. The number of hydrogen-bond donors (Lipinski definition) is 1. The molecule has 1 aromatic heterocycles. The molecule has 9 nitrogen and oxygen atoms in total. The molecule has 0 atom stereocenters. The number of carbonyl (C=O) groups excluding carboxylic acids is 2. The molecule has 4 rings (SSSR count). The van der Waals surface area contributed by atoms with Crippen LogP contribution in [0.2, 0.25) is 0 Å². The number of hydrogen-bond acceptors (Lipinski definition) is 6. The third kappa shape index (κ3) is 5.46. The van der Waals surface area contributed by atoms with Crippen LogP contribution >= 0.6 is 0 Å². The number of likely N-dealkylation sites (N-methyl/N-ethyl adjacent to an activating group) is 1. The first kappa shape index (κ1) is 25.5. The summed E-state index contributed by atoms with van der Waals surface area (Å²) in [4.78, 5) is 40.1. The van der Waals surface area contributed by atoms with E-state index in [2.05, 4.69) is 24.4 Å². The largest absolute Gasteiger partial charge is 0.419 e. The summed E-state index contributed by atoms with van der Waals surface area (Å²) >= 11 is 0. The van der Waals surface area contributed by atoms with Crippen LogP contribution in [0, 0.1) is 6.92 Å². The van der Waals surface area contributed by atoms with Gasteiger partial charge < -0.3 is 14.6 Å². The average molecular weight is 494 g/mol. The van der Waals surface area contributed by atoms with Gasteiger partial charge in [-0.25, -0.2) is 9.80 Å². The number of aryl methyl sites for hydroxylation is 2. The number of carbonyl (C=O) groups is 2. The maximum atomic E-state index is 13.4. The van der Waals surface area contributed by atoms with Gasteiger partial charge in [-0.2, -0.15) is 0 Å². The lowest BCUT2D eigenvalue weighted by molar-refractivity contribution is -0.145. The molecule has 1 aliphatic rings. The van der Waals surface area contributed by atoms with Crippen molar-refractivity contribution in [2.45, 2.75) is 46.2 Å². The van der Waals surface area contributed by atoms with Crippen molar-refractivity contribution in [3.05, 3.63) is 63.6 Å². The number of rotatable bonds is 10. The highest BCUT2D eigenvalue weighted by atomic mass is 16.4. The summed E-state index contributed by atoms with van der Waals surface area (Å²) < 4.78 is 6.74. The minimum atomic E-state index is -0.453. The van der Waals surface area contributed by atoms with Crippen LogP contribution in [0.5, 0.6) is 0 Å². The fraction of sp³-hybridized carbons (Fsp3) is 0.444. The topological polar surface area (TPSA) is 91.0 Å². The van der Waals surface area contributed by atoms with Crippen molar-refractivity contribution in [1.29, 1.82) is 0 Å². The Morgan fingerprint density at radius 3 is 2.44 bits per heavy atom. The van der Waals surface area contributed by atoms with E-state index in [1.807, 2.05) is 30.1 Å². The summed E-state index contributed by atoms with van der Waals surface area (Å²) in [5.74, 6) is -0.718. The second kappa shape index (κ2) is 11.0. The molecule has 36 heavy (non-hydrogen) atoms. The molecular formula is C27H35N5O4. The van der Waals surface area contributed by atoms with Crippen LogP contribution in [-0.2, 0) is 29.7 Å². The van der Waals surface area contributed by atoms with E-state index in [0.29, 0.717) is 36.4 Å². The molecule has 0 saturated carbocycles. The fourth-order valence-corrected chi connectivity index (χ4v) is 4.61. The normalized spacial score (nSPS) is 13.1. The maximum absolute atomic E-state index is 13.4. The molecule has 0 spiro atoms. The summed E-state index contributed by atoms with van der Waals surface area (Å²) in [6.07, 6.45) is 3.04. The molecule has 0 radical (unpaired) electrons. The number of benzene rings is 2. The zero-order chi connectivity index (χ0) is 25.8. The quantitative estimate of drug-likeness (QED) is 0.437. The van der Waals surface area contributed by atoms with E-state index in [4.69, 9.17) is 4.42 Å². The van der Waals surface area contributed by atoms with Gasteiger partial charge in [0.15, 0.2) is 5.58 Å². The van der Waals surface area contributed by atoms with Crippen LogP contribution < -0.4 is 16.0 Å². The van der Waals surface area contributed by atoms with Gasteiger partial charge in [-0.3, -0.25) is 19.2 Å². The zero-order valence-corrected chi connectivity index (χ0v) is 21.5. The highest BCUT2D eigenvalue weighted by molar-refractivity contribution is 5.89. The third-order valence-corrected chi connectivity index (χ3v) is 6.82.